The summed E-state index contributed by atoms with van der Waals surface area (Å²) in [5.74, 6) is -1.59. The molecule has 0 fully saturated rings. The van der Waals surface area contributed by atoms with Crippen LogP contribution in [0.4, 0.5) is 0 Å². The molecule has 0 radical (unpaired) electrons. The van der Waals surface area contributed by atoms with Crippen LogP contribution in [0.2, 0.25) is 0 Å². The Hall–Kier alpha value is -4.31. The Balaban J connectivity index is 4.58. The maximum Gasteiger partial charge on any atom is 0.472 e. The minimum Gasteiger partial charge on any atom is -0.463 e. The van der Waals surface area contributed by atoms with Gasteiger partial charge in [0.15, 0.2) is 6.10 Å². The SMILES string of the molecule is CC/C=C\C/C=C\C/C=C\C/C=C\C/C=C\C/C=C\CCCCCCCCC(=O)OCC(COP(=O)(O)OCC(O)COP(=O)(O)OCC(O)COC(=O)CCCCCCCCCCCCC/C=C\C/C=C\C/C=C\C/C=C\C/C=C\CC)OC(=O)CCCCCCCCCCCCCCCCC. The van der Waals surface area contributed by atoms with Gasteiger partial charge in [-0.2, -0.15) is 0 Å². The van der Waals surface area contributed by atoms with Gasteiger partial charge in [-0.15, -0.1) is 0 Å². The van der Waals surface area contributed by atoms with Gasteiger partial charge in [-0.25, -0.2) is 9.13 Å². The molecule has 4 N–H and O–H groups in total. The summed E-state index contributed by atoms with van der Waals surface area (Å²) in [7, 11) is -9.80. The van der Waals surface area contributed by atoms with Crippen LogP contribution in [0.5, 0.6) is 0 Å². The molecule has 0 aliphatic rings. The van der Waals surface area contributed by atoms with E-state index in [1.807, 2.05) is 0 Å². The molecule has 0 bridgehead atoms. The summed E-state index contributed by atoms with van der Waals surface area (Å²) >= 11 is 0. The second-order valence-electron chi connectivity index (χ2n) is 26.8. The molecule has 0 rings (SSSR count). The number of ether oxygens (including phenoxy) is 3. The predicted molar refractivity (Wildman–Crippen MR) is 426 cm³/mol. The third-order valence-electron chi connectivity index (χ3n) is 16.9. The number of hydrogen-bond acceptors (Lipinski definition) is 14. The first-order chi connectivity index (χ1) is 50.2. The number of esters is 3. The Labute approximate surface area is 626 Å². The zero-order valence-corrected chi connectivity index (χ0v) is 66.5. The van der Waals surface area contributed by atoms with Gasteiger partial charge in [0.1, 0.15) is 25.4 Å². The smallest absolute Gasteiger partial charge is 0.463 e. The minimum absolute atomic E-state index is 0.102. The molecule has 0 aliphatic heterocycles. The lowest BCUT2D eigenvalue weighted by molar-refractivity contribution is -0.161. The van der Waals surface area contributed by atoms with E-state index in [-0.39, 0.29) is 19.3 Å². The summed E-state index contributed by atoms with van der Waals surface area (Å²) in [5, 5.41) is 20.7. The van der Waals surface area contributed by atoms with Crippen LogP contribution in [0.3, 0.4) is 0 Å². The van der Waals surface area contributed by atoms with Crippen LogP contribution in [-0.2, 0) is 55.8 Å². The van der Waals surface area contributed by atoms with Crippen molar-refractivity contribution in [1.82, 2.24) is 0 Å². The van der Waals surface area contributed by atoms with Gasteiger partial charge in [0.25, 0.3) is 0 Å². The van der Waals surface area contributed by atoms with Gasteiger partial charge in [0.2, 0.25) is 0 Å². The molecule has 0 aromatic heterocycles. The van der Waals surface area contributed by atoms with E-state index in [0.717, 1.165) is 161 Å². The van der Waals surface area contributed by atoms with Crippen LogP contribution in [0.25, 0.3) is 0 Å². The fourth-order valence-electron chi connectivity index (χ4n) is 10.8. The van der Waals surface area contributed by atoms with E-state index in [0.29, 0.717) is 19.3 Å². The van der Waals surface area contributed by atoms with Gasteiger partial charge in [0, 0.05) is 19.3 Å². The van der Waals surface area contributed by atoms with Crippen LogP contribution in [0, 0.1) is 0 Å². The summed E-state index contributed by atoms with van der Waals surface area (Å²) in [6.45, 7) is 2.46. The number of phosphoric acid groups is 2. The molecular formula is C85H146O16P2. The molecule has 592 valence electrons. The molecule has 0 saturated heterocycles. The van der Waals surface area contributed by atoms with Gasteiger partial charge in [0.05, 0.1) is 26.4 Å². The first-order valence-electron chi connectivity index (χ1n) is 40.5. The lowest BCUT2D eigenvalue weighted by Gasteiger charge is -2.21. The van der Waals surface area contributed by atoms with E-state index in [4.69, 9.17) is 32.3 Å². The molecule has 0 aromatic rings. The topological polar surface area (TPSA) is 231 Å². The van der Waals surface area contributed by atoms with E-state index in [1.165, 1.54) is 109 Å². The van der Waals surface area contributed by atoms with Crippen molar-refractivity contribution in [2.45, 2.75) is 347 Å². The molecule has 0 aromatic carbocycles. The van der Waals surface area contributed by atoms with E-state index in [2.05, 4.69) is 154 Å². The second-order valence-corrected chi connectivity index (χ2v) is 29.7. The quantitative estimate of drug-likeness (QED) is 0.0146. The van der Waals surface area contributed by atoms with E-state index in [1.54, 1.807) is 0 Å². The number of aliphatic hydroxyl groups excluding tert-OH is 2. The molecule has 18 heteroatoms. The van der Waals surface area contributed by atoms with Crippen LogP contribution >= 0.6 is 15.6 Å². The van der Waals surface area contributed by atoms with Crippen molar-refractivity contribution in [3.63, 3.8) is 0 Å². The van der Waals surface area contributed by atoms with Crippen molar-refractivity contribution in [3.8, 4) is 0 Å². The van der Waals surface area contributed by atoms with Gasteiger partial charge >= 0.3 is 33.6 Å². The minimum atomic E-state index is -4.94. The van der Waals surface area contributed by atoms with E-state index in [9.17, 15) is 43.5 Å². The Bertz CT molecular complexity index is 2410. The Morgan fingerprint density at radius 1 is 0.282 bits per heavy atom. The van der Waals surface area contributed by atoms with Crippen molar-refractivity contribution in [3.05, 3.63) is 134 Å². The van der Waals surface area contributed by atoms with Crippen molar-refractivity contribution < 1.29 is 75.8 Å². The molecule has 103 heavy (non-hydrogen) atoms. The van der Waals surface area contributed by atoms with Crippen molar-refractivity contribution in [2.24, 2.45) is 0 Å². The lowest BCUT2D eigenvalue weighted by atomic mass is 10.0. The van der Waals surface area contributed by atoms with Crippen LogP contribution in [0.1, 0.15) is 329 Å². The average Bonchev–Trinajstić information content (AvgIpc) is 0.918. The number of allylic oxidation sites excluding steroid dienone is 22. The predicted octanol–water partition coefficient (Wildman–Crippen LogP) is 23.9. The molecule has 0 heterocycles. The maximum atomic E-state index is 13.0. The van der Waals surface area contributed by atoms with Crippen LogP contribution in [-0.4, -0.2) is 95.9 Å². The normalized spacial score (nSPS) is 14.7. The highest BCUT2D eigenvalue weighted by Crippen LogP contribution is 2.45. The van der Waals surface area contributed by atoms with Crippen molar-refractivity contribution in [2.75, 3.05) is 39.6 Å². The maximum absolute atomic E-state index is 13.0. The number of aliphatic hydroxyl groups is 2. The summed E-state index contributed by atoms with van der Waals surface area (Å²) in [4.78, 5) is 58.7. The van der Waals surface area contributed by atoms with E-state index >= 15 is 0 Å². The number of rotatable bonds is 76. The molecule has 0 saturated carbocycles. The Kier molecular flexibility index (Phi) is 74.1. The third kappa shape index (κ3) is 78.6. The van der Waals surface area contributed by atoms with Crippen molar-refractivity contribution in [1.29, 1.82) is 0 Å². The summed E-state index contributed by atoms with van der Waals surface area (Å²) in [5.41, 5.74) is 0. The number of carbonyl (C=O) groups is 3. The highest BCUT2D eigenvalue weighted by atomic mass is 31.2. The Morgan fingerprint density at radius 3 is 0.816 bits per heavy atom. The molecule has 0 spiro atoms. The molecule has 0 aliphatic carbocycles. The fraction of sp³-hybridized carbons (Fsp3) is 0.706. The van der Waals surface area contributed by atoms with Gasteiger partial charge in [-0.3, -0.25) is 32.5 Å². The van der Waals surface area contributed by atoms with Gasteiger partial charge in [-0.05, 0) is 116 Å². The zero-order chi connectivity index (χ0) is 75.2. The molecular weight excluding hydrogens is 1340 g/mol. The molecule has 0 amide bonds. The number of carbonyl (C=O) groups excluding carboxylic acids is 3. The van der Waals surface area contributed by atoms with Crippen molar-refractivity contribution >= 4 is 33.6 Å². The average molecular weight is 1490 g/mol. The number of phosphoric ester groups is 2. The summed E-state index contributed by atoms with van der Waals surface area (Å²) in [6.07, 6.45) is 93.5. The first kappa shape index (κ1) is 98.7. The first-order valence-corrected chi connectivity index (χ1v) is 43.5. The van der Waals surface area contributed by atoms with Gasteiger partial charge in [-0.1, -0.05) is 328 Å². The fourth-order valence-corrected chi connectivity index (χ4v) is 12.4. The largest absolute Gasteiger partial charge is 0.472 e. The Morgan fingerprint density at radius 2 is 0.515 bits per heavy atom. The standard InChI is InChI=1S/C85H146O16P2/c1-4-7-10-13-16-19-22-25-28-30-32-34-36-38-39-41-43-44-46-48-51-53-56-59-62-65-68-71-83(88)95-74-80(86)75-97-102(91,92)98-76-81(87)77-99-103(93,94)100-79-82(101-85(90)73-70-67-64-61-58-55-50-27-24-21-18-15-12-9-6-3)78-96-84(89)72-69-66-63-60-57-54-52-49-47-45-42-40-37-35-33-31-29-26-23-20-17-14-11-8-5-2/h7-8,10-11,16-17,19-20,25-26,28-29,32-35,38-40,42,47,49,80-82,86-87H,4-6,9,12-15,18,21-24,27,30-31,36-37,41,43-46,48,50-79H2,1-3H3,(H,91,92)(H,93,94)/b10-7-,11-8-,19-16-,20-17-,28-25-,29-26-,34-32-,35-33-,39-38-,42-40-,49-47-. The van der Waals surface area contributed by atoms with Crippen LogP contribution in [0.15, 0.2) is 134 Å². The lowest BCUT2D eigenvalue weighted by Crippen LogP contribution is -2.30. The monoisotopic (exact) mass is 1490 g/mol. The third-order valence-corrected chi connectivity index (χ3v) is 18.8. The van der Waals surface area contributed by atoms with Crippen LogP contribution < -0.4 is 0 Å². The number of hydrogen-bond donors (Lipinski definition) is 4. The van der Waals surface area contributed by atoms with E-state index < -0.39 is 91.5 Å². The highest BCUT2D eigenvalue weighted by molar-refractivity contribution is 7.47. The zero-order valence-electron chi connectivity index (χ0n) is 64.7. The second kappa shape index (κ2) is 77.3. The highest BCUT2D eigenvalue weighted by Gasteiger charge is 2.29. The molecule has 5 atom stereocenters. The number of unbranched alkanes of at least 4 members (excludes halogenated alkanes) is 31. The summed E-state index contributed by atoms with van der Waals surface area (Å²) in [6, 6.07) is 0. The van der Waals surface area contributed by atoms with Gasteiger partial charge < -0.3 is 34.2 Å². The summed E-state index contributed by atoms with van der Waals surface area (Å²) < 4.78 is 61.2. The molecule has 16 nitrogen and oxygen atoms in total. The molecule has 5 unspecified atom stereocenters.